The third-order valence-corrected chi connectivity index (χ3v) is 1.78. The van der Waals surface area contributed by atoms with Crippen LogP contribution in [0, 0.1) is 0 Å². The molecule has 0 fully saturated rings. The van der Waals surface area contributed by atoms with Gasteiger partial charge in [-0.1, -0.05) is 0 Å². The molecule has 10 heavy (non-hydrogen) atoms. The highest BCUT2D eigenvalue weighted by Gasteiger charge is 2.06. The zero-order valence-electron chi connectivity index (χ0n) is 5.28. The number of hydrogen-bond acceptors (Lipinski definition) is 4. The SMILES string of the molecule is SOC1=CC=C(OS)CC1. The summed E-state index contributed by atoms with van der Waals surface area (Å²) in [5, 5.41) is 0. The number of thiol groups is 2. The predicted octanol–water partition coefficient (Wildman–Crippen LogP) is 2.27. The van der Waals surface area contributed by atoms with E-state index in [1.54, 1.807) is 0 Å². The minimum absolute atomic E-state index is 0.829. The molecular formula is C6H8O2S2. The van der Waals surface area contributed by atoms with E-state index in [2.05, 4.69) is 25.8 Å². The van der Waals surface area contributed by atoms with E-state index in [4.69, 9.17) is 8.37 Å². The normalized spacial score (nSPS) is 17.4. The van der Waals surface area contributed by atoms with Crippen molar-refractivity contribution in [3.05, 3.63) is 23.7 Å². The van der Waals surface area contributed by atoms with Crippen LogP contribution in [-0.2, 0) is 8.37 Å². The van der Waals surface area contributed by atoms with Crippen LogP contribution < -0.4 is 0 Å². The highest BCUT2D eigenvalue weighted by atomic mass is 32.1. The van der Waals surface area contributed by atoms with E-state index in [0.717, 1.165) is 24.4 Å². The van der Waals surface area contributed by atoms with Crippen molar-refractivity contribution in [2.24, 2.45) is 0 Å². The molecule has 0 saturated heterocycles. The highest BCUT2D eigenvalue weighted by molar-refractivity contribution is 7.75. The van der Waals surface area contributed by atoms with Gasteiger partial charge < -0.3 is 8.37 Å². The molecule has 0 bridgehead atoms. The van der Waals surface area contributed by atoms with Crippen LogP contribution in [0.5, 0.6) is 0 Å². The van der Waals surface area contributed by atoms with E-state index in [-0.39, 0.29) is 0 Å². The van der Waals surface area contributed by atoms with Gasteiger partial charge in [-0.15, -0.1) is 0 Å². The van der Waals surface area contributed by atoms with E-state index < -0.39 is 0 Å². The van der Waals surface area contributed by atoms with Gasteiger partial charge in [0, 0.05) is 38.7 Å². The van der Waals surface area contributed by atoms with E-state index >= 15 is 0 Å². The Morgan fingerprint density at radius 3 is 1.60 bits per heavy atom. The van der Waals surface area contributed by atoms with E-state index in [1.165, 1.54) is 0 Å². The fourth-order valence-electron chi connectivity index (χ4n) is 0.751. The van der Waals surface area contributed by atoms with Crippen molar-refractivity contribution in [1.82, 2.24) is 0 Å². The van der Waals surface area contributed by atoms with Crippen molar-refractivity contribution in [3.8, 4) is 0 Å². The standard InChI is InChI=1S/C6H8O2S2/c9-7-5-1-2-6(8-10)4-3-5/h1-2,9-10H,3-4H2. The summed E-state index contributed by atoms with van der Waals surface area (Å²) < 4.78 is 9.43. The summed E-state index contributed by atoms with van der Waals surface area (Å²) in [6, 6.07) is 0. The summed E-state index contributed by atoms with van der Waals surface area (Å²) in [6.45, 7) is 0. The molecule has 0 N–H and O–H groups in total. The Hall–Kier alpha value is -0.220. The van der Waals surface area contributed by atoms with Crippen molar-refractivity contribution in [3.63, 3.8) is 0 Å². The zero-order valence-corrected chi connectivity index (χ0v) is 7.07. The molecular weight excluding hydrogens is 168 g/mol. The second-order valence-corrected chi connectivity index (χ2v) is 2.31. The Kier molecular flexibility index (Phi) is 3.02. The average molecular weight is 176 g/mol. The Labute approximate surface area is 71.1 Å². The first kappa shape index (κ1) is 7.88. The molecule has 0 saturated carbocycles. The second-order valence-electron chi connectivity index (χ2n) is 1.95. The van der Waals surface area contributed by atoms with E-state index in [1.807, 2.05) is 12.2 Å². The van der Waals surface area contributed by atoms with Gasteiger partial charge in [-0.3, -0.25) is 0 Å². The molecule has 0 aromatic rings. The molecule has 4 heteroatoms. The number of hydrogen-bond donors (Lipinski definition) is 2. The van der Waals surface area contributed by atoms with Gasteiger partial charge in [0.15, 0.2) is 0 Å². The molecule has 0 aromatic carbocycles. The second kappa shape index (κ2) is 3.83. The minimum Gasteiger partial charge on any atom is -0.433 e. The molecule has 0 unspecified atom stereocenters. The van der Waals surface area contributed by atoms with Crippen molar-refractivity contribution in [2.75, 3.05) is 0 Å². The molecule has 1 rings (SSSR count). The van der Waals surface area contributed by atoms with Gasteiger partial charge in [0.05, 0.1) is 0 Å². The summed E-state index contributed by atoms with van der Waals surface area (Å²) in [4.78, 5) is 0. The van der Waals surface area contributed by atoms with E-state index in [0.29, 0.717) is 0 Å². The Morgan fingerprint density at radius 1 is 1.00 bits per heavy atom. The highest BCUT2D eigenvalue weighted by Crippen LogP contribution is 2.20. The van der Waals surface area contributed by atoms with Crippen LogP contribution >= 0.6 is 25.8 Å². The topological polar surface area (TPSA) is 18.5 Å². The molecule has 2 nitrogen and oxygen atoms in total. The Balaban J connectivity index is 2.55. The average Bonchev–Trinajstić information content (AvgIpc) is 2.05. The van der Waals surface area contributed by atoms with Gasteiger partial charge in [0.1, 0.15) is 11.5 Å². The van der Waals surface area contributed by atoms with Gasteiger partial charge in [-0.2, -0.15) is 0 Å². The minimum atomic E-state index is 0.829. The Morgan fingerprint density at radius 2 is 1.40 bits per heavy atom. The maximum absolute atomic E-state index is 4.71. The quantitative estimate of drug-likeness (QED) is 0.496. The van der Waals surface area contributed by atoms with Gasteiger partial charge in [0.25, 0.3) is 0 Å². The lowest BCUT2D eigenvalue weighted by atomic mass is 10.1. The Bertz CT molecular complexity index is 155. The first-order valence-electron chi connectivity index (χ1n) is 2.89. The van der Waals surface area contributed by atoms with Crippen LogP contribution in [0.4, 0.5) is 0 Å². The van der Waals surface area contributed by atoms with E-state index in [9.17, 15) is 0 Å². The summed E-state index contributed by atoms with van der Waals surface area (Å²) in [5.41, 5.74) is 0. The van der Waals surface area contributed by atoms with Crippen molar-refractivity contribution in [2.45, 2.75) is 12.8 Å². The molecule has 0 heterocycles. The molecule has 0 amide bonds. The zero-order chi connectivity index (χ0) is 7.40. The lowest BCUT2D eigenvalue weighted by Crippen LogP contribution is -1.92. The van der Waals surface area contributed by atoms with Crippen molar-refractivity contribution < 1.29 is 8.37 Å². The van der Waals surface area contributed by atoms with Crippen LogP contribution in [0.25, 0.3) is 0 Å². The smallest absolute Gasteiger partial charge is 0.114 e. The summed E-state index contributed by atoms with van der Waals surface area (Å²) in [6.07, 6.45) is 5.30. The number of allylic oxidation sites excluding steroid dienone is 4. The molecule has 56 valence electrons. The third-order valence-electron chi connectivity index (χ3n) is 1.31. The van der Waals surface area contributed by atoms with Gasteiger partial charge in [0.2, 0.25) is 0 Å². The van der Waals surface area contributed by atoms with Crippen LogP contribution in [0.1, 0.15) is 12.8 Å². The molecule has 0 aliphatic heterocycles. The maximum atomic E-state index is 4.71. The lowest BCUT2D eigenvalue weighted by Gasteiger charge is -2.09. The maximum Gasteiger partial charge on any atom is 0.114 e. The lowest BCUT2D eigenvalue weighted by molar-refractivity contribution is 0.425. The first-order valence-corrected chi connectivity index (χ1v) is 3.62. The number of rotatable bonds is 2. The van der Waals surface area contributed by atoms with Crippen molar-refractivity contribution in [1.29, 1.82) is 0 Å². The molecule has 1 aliphatic carbocycles. The molecule has 0 spiro atoms. The predicted molar refractivity (Wildman–Crippen MR) is 45.5 cm³/mol. The fourth-order valence-corrected chi connectivity index (χ4v) is 1.06. The molecule has 1 aliphatic rings. The fraction of sp³-hybridized carbons (Fsp3) is 0.333. The summed E-state index contributed by atoms with van der Waals surface area (Å²) >= 11 is 7.33. The largest absolute Gasteiger partial charge is 0.433 e. The molecule has 0 radical (unpaired) electrons. The monoisotopic (exact) mass is 176 g/mol. The van der Waals surface area contributed by atoms with Gasteiger partial charge in [-0.05, 0) is 12.2 Å². The molecule has 0 aromatic heterocycles. The summed E-state index contributed by atoms with van der Waals surface area (Å²) in [7, 11) is 0. The van der Waals surface area contributed by atoms with Gasteiger partial charge in [-0.25, -0.2) is 0 Å². The first-order chi connectivity index (χ1) is 4.86. The van der Waals surface area contributed by atoms with Crippen LogP contribution in [0.15, 0.2) is 23.7 Å². The summed E-state index contributed by atoms with van der Waals surface area (Å²) in [5.74, 6) is 1.72. The van der Waals surface area contributed by atoms with Crippen LogP contribution in [-0.4, -0.2) is 0 Å². The van der Waals surface area contributed by atoms with Crippen LogP contribution in [0.2, 0.25) is 0 Å². The van der Waals surface area contributed by atoms with Crippen molar-refractivity contribution >= 4 is 25.8 Å². The van der Waals surface area contributed by atoms with Gasteiger partial charge >= 0.3 is 0 Å². The van der Waals surface area contributed by atoms with Crippen LogP contribution in [0.3, 0.4) is 0 Å². The molecule has 0 atom stereocenters. The third kappa shape index (κ3) is 1.88.